The highest BCUT2D eigenvalue weighted by Crippen LogP contribution is 2.30. The van der Waals surface area contributed by atoms with Crippen molar-refractivity contribution in [3.8, 4) is 34.5 Å². The van der Waals surface area contributed by atoms with Gasteiger partial charge in [0.05, 0.1) is 6.04 Å². The lowest BCUT2D eigenvalue weighted by Gasteiger charge is -2.26. The number of nitrogens with two attached hydrogens (primary N) is 1. The van der Waals surface area contributed by atoms with E-state index in [1.54, 1.807) is 6.07 Å². The molecule has 1 aromatic carbocycles. The number of anilines is 1. The summed E-state index contributed by atoms with van der Waals surface area (Å²) in [5.74, 6) is 6.14. The molecule has 3 aromatic rings. The summed E-state index contributed by atoms with van der Waals surface area (Å²) in [6.45, 7) is 3.79. The third kappa shape index (κ3) is 4.56. The fourth-order valence-electron chi connectivity index (χ4n) is 3.87. The topological polar surface area (TPSA) is 107 Å². The van der Waals surface area contributed by atoms with Crippen LogP contribution in [0.1, 0.15) is 57.7 Å². The average molecular weight is 430 g/mol. The molecule has 164 valence electrons. The van der Waals surface area contributed by atoms with Crippen molar-refractivity contribution in [3.63, 3.8) is 0 Å². The number of benzene rings is 1. The normalized spacial score (nSPS) is 15.2. The van der Waals surface area contributed by atoms with Gasteiger partial charge in [0.1, 0.15) is 22.7 Å². The minimum Gasteiger partial charge on any atom is -0.381 e. The number of rotatable bonds is 3. The van der Waals surface area contributed by atoms with Gasteiger partial charge >= 0.3 is 0 Å². The van der Waals surface area contributed by atoms with Crippen LogP contribution < -0.4 is 11.3 Å². The zero-order chi connectivity index (χ0) is 22.7. The summed E-state index contributed by atoms with van der Waals surface area (Å²) in [6, 6.07) is 12.6. The van der Waals surface area contributed by atoms with Crippen LogP contribution in [0.5, 0.6) is 0 Å². The van der Waals surface area contributed by atoms with Gasteiger partial charge in [-0.05, 0) is 51.5 Å². The largest absolute Gasteiger partial charge is 0.381 e. The quantitative estimate of drug-likeness (QED) is 0.617. The monoisotopic (exact) mass is 429 g/mol. The minimum absolute atomic E-state index is 0.107. The van der Waals surface area contributed by atoms with Crippen LogP contribution in [0.2, 0.25) is 0 Å². The summed E-state index contributed by atoms with van der Waals surface area (Å²) in [7, 11) is 0. The highest BCUT2D eigenvalue weighted by molar-refractivity contribution is 5.78. The number of aliphatic hydroxyl groups is 1. The molecule has 3 N–H and O–H groups in total. The molecule has 1 fully saturated rings. The summed E-state index contributed by atoms with van der Waals surface area (Å²) >= 11 is 0. The lowest BCUT2D eigenvalue weighted by Crippen LogP contribution is -2.29. The fourth-order valence-corrected chi connectivity index (χ4v) is 3.87. The van der Waals surface area contributed by atoms with E-state index in [-0.39, 0.29) is 17.4 Å². The van der Waals surface area contributed by atoms with Crippen LogP contribution in [0, 0.1) is 11.8 Å². The van der Waals surface area contributed by atoms with Crippen LogP contribution >= 0.6 is 0 Å². The van der Waals surface area contributed by atoms with E-state index in [4.69, 9.17) is 10.7 Å². The van der Waals surface area contributed by atoms with E-state index in [1.165, 1.54) is 10.7 Å². The molecule has 0 amide bonds. The molecule has 7 nitrogen and oxygen atoms in total. The number of hydrogen-bond acceptors (Lipinski definition) is 6. The maximum absolute atomic E-state index is 12.2. The van der Waals surface area contributed by atoms with Crippen molar-refractivity contribution in [2.45, 2.75) is 57.6 Å². The summed E-state index contributed by atoms with van der Waals surface area (Å²) in [4.78, 5) is 21.5. The SMILES string of the molecule is CC(C)n1nc(-c2nc(C#CC3(O)CCCCC3)c(N)nc2-c2ccccc2)ccc1=O. The van der Waals surface area contributed by atoms with Gasteiger partial charge in [-0.2, -0.15) is 5.10 Å². The predicted molar refractivity (Wildman–Crippen MR) is 125 cm³/mol. The Morgan fingerprint density at radius 3 is 2.44 bits per heavy atom. The third-order valence-electron chi connectivity index (χ3n) is 5.62. The van der Waals surface area contributed by atoms with Gasteiger partial charge in [-0.25, -0.2) is 14.6 Å². The Hall–Kier alpha value is -3.50. The van der Waals surface area contributed by atoms with Gasteiger partial charge in [-0.3, -0.25) is 4.79 Å². The zero-order valence-electron chi connectivity index (χ0n) is 18.4. The molecule has 0 saturated heterocycles. The van der Waals surface area contributed by atoms with Crippen molar-refractivity contribution in [1.29, 1.82) is 0 Å². The Morgan fingerprint density at radius 1 is 1.03 bits per heavy atom. The second kappa shape index (κ2) is 8.93. The number of hydrogen-bond donors (Lipinski definition) is 2. The van der Waals surface area contributed by atoms with Gasteiger partial charge in [-0.15, -0.1) is 0 Å². The van der Waals surface area contributed by atoms with Crippen molar-refractivity contribution in [3.05, 3.63) is 58.5 Å². The van der Waals surface area contributed by atoms with Gasteiger partial charge in [0.25, 0.3) is 5.56 Å². The molecule has 4 rings (SSSR count). The Labute approximate surface area is 187 Å². The Balaban J connectivity index is 1.88. The van der Waals surface area contributed by atoms with Crippen LogP contribution in [0.25, 0.3) is 22.6 Å². The molecule has 0 aliphatic heterocycles. The van der Waals surface area contributed by atoms with E-state index in [0.717, 1.165) is 24.8 Å². The molecular formula is C25H27N5O2. The van der Waals surface area contributed by atoms with Crippen molar-refractivity contribution in [1.82, 2.24) is 19.7 Å². The van der Waals surface area contributed by atoms with Crippen molar-refractivity contribution >= 4 is 5.82 Å². The Kier molecular flexibility index (Phi) is 6.06. The smallest absolute Gasteiger partial charge is 0.267 e. The maximum atomic E-state index is 12.2. The lowest BCUT2D eigenvalue weighted by atomic mass is 9.85. The average Bonchev–Trinajstić information content (AvgIpc) is 2.79. The number of nitrogens with zero attached hydrogens (tertiary/aromatic N) is 4. The molecule has 2 aromatic heterocycles. The molecule has 7 heteroatoms. The van der Waals surface area contributed by atoms with Gasteiger partial charge in [-0.1, -0.05) is 42.7 Å². The molecule has 0 radical (unpaired) electrons. The van der Waals surface area contributed by atoms with Gasteiger partial charge < -0.3 is 10.8 Å². The second-order valence-corrected chi connectivity index (χ2v) is 8.46. The zero-order valence-corrected chi connectivity index (χ0v) is 18.4. The van der Waals surface area contributed by atoms with E-state index in [9.17, 15) is 9.90 Å². The molecule has 1 saturated carbocycles. The number of nitrogen functional groups attached to an aromatic ring is 1. The Bertz CT molecular complexity index is 1230. The van der Waals surface area contributed by atoms with Crippen LogP contribution in [0.4, 0.5) is 5.82 Å². The first-order valence-corrected chi connectivity index (χ1v) is 10.9. The summed E-state index contributed by atoms with van der Waals surface area (Å²) in [6.07, 6.45) is 4.29. The van der Waals surface area contributed by atoms with Crippen molar-refractivity contribution in [2.75, 3.05) is 5.73 Å². The van der Waals surface area contributed by atoms with Crippen LogP contribution in [0.15, 0.2) is 47.3 Å². The standard InChI is InChI=1S/C25H27N5O2/c1-17(2)30-21(31)12-11-19(29-30)23-22(18-9-5-3-6-10-18)28-24(26)20(27-23)13-16-25(32)14-7-4-8-15-25/h3,5-6,9-12,17,32H,4,7-8,14-15H2,1-2H3,(H2,26,28). The predicted octanol–water partition coefficient (Wildman–Crippen LogP) is 3.58. The molecule has 0 unspecified atom stereocenters. The summed E-state index contributed by atoms with van der Waals surface area (Å²) in [5, 5.41) is 15.3. The summed E-state index contributed by atoms with van der Waals surface area (Å²) < 4.78 is 1.41. The van der Waals surface area contributed by atoms with Gasteiger partial charge in [0.15, 0.2) is 11.5 Å². The second-order valence-electron chi connectivity index (χ2n) is 8.46. The van der Waals surface area contributed by atoms with E-state index in [0.29, 0.717) is 35.6 Å². The van der Waals surface area contributed by atoms with Crippen molar-refractivity contribution in [2.24, 2.45) is 0 Å². The van der Waals surface area contributed by atoms with E-state index >= 15 is 0 Å². The number of aromatic nitrogens is 4. The fraction of sp³-hybridized carbons (Fsp3) is 0.360. The molecule has 2 heterocycles. The first-order valence-electron chi connectivity index (χ1n) is 10.9. The van der Waals surface area contributed by atoms with Gasteiger partial charge in [0, 0.05) is 11.6 Å². The van der Waals surface area contributed by atoms with Crippen LogP contribution in [-0.2, 0) is 0 Å². The molecule has 0 atom stereocenters. The van der Waals surface area contributed by atoms with Crippen LogP contribution in [-0.4, -0.2) is 30.5 Å². The van der Waals surface area contributed by atoms with E-state index in [1.807, 2.05) is 44.2 Å². The highest BCUT2D eigenvalue weighted by Gasteiger charge is 2.27. The minimum atomic E-state index is -1.02. The van der Waals surface area contributed by atoms with E-state index < -0.39 is 5.60 Å². The molecular weight excluding hydrogens is 402 g/mol. The Morgan fingerprint density at radius 2 is 1.75 bits per heavy atom. The van der Waals surface area contributed by atoms with Crippen LogP contribution in [0.3, 0.4) is 0 Å². The summed E-state index contributed by atoms with van der Waals surface area (Å²) in [5.41, 5.74) is 7.70. The lowest BCUT2D eigenvalue weighted by molar-refractivity contribution is 0.0610. The molecule has 0 spiro atoms. The molecule has 1 aliphatic rings. The maximum Gasteiger partial charge on any atom is 0.267 e. The first-order chi connectivity index (χ1) is 15.4. The third-order valence-corrected chi connectivity index (χ3v) is 5.62. The highest BCUT2D eigenvalue weighted by atomic mass is 16.3. The first kappa shape index (κ1) is 21.7. The molecule has 0 bridgehead atoms. The van der Waals surface area contributed by atoms with E-state index in [2.05, 4.69) is 21.9 Å². The van der Waals surface area contributed by atoms with Crippen molar-refractivity contribution < 1.29 is 5.11 Å². The van der Waals surface area contributed by atoms with Gasteiger partial charge in [0.2, 0.25) is 0 Å². The molecule has 32 heavy (non-hydrogen) atoms. The molecule has 1 aliphatic carbocycles.